The van der Waals surface area contributed by atoms with Crippen molar-refractivity contribution in [2.24, 2.45) is 0 Å². The van der Waals surface area contributed by atoms with E-state index in [1.807, 2.05) is 85.6 Å². The van der Waals surface area contributed by atoms with Crippen molar-refractivity contribution in [3.63, 3.8) is 0 Å². The van der Waals surface area contributed by atoms with E-state index in [4.69, 9.17) is 4.74 Å². The summed E-state index contributed by atoms with van der Waals surface area (Å²) in [7, 11) is 0. The van der Waals surface area contributed by atoms with Crippen molar-refractivity contribution in [3.05, 3.63) is 95.1 Å². The minimum absolute atomic E-state index is 0.173. The number of amides is 1. The molecule has 3 N–H and O–H groups in total. The summed E-state index contributed by atoms with van der Waals surface area (Å²) in [6.07, 6.45) is 2.29. The Kier molecular flexibility index (Phi) is 13.6. The number of hydrogen-bond donors (Lipinski definition) is 3. The van der Waals surface area contributed by atoms with Gasteiger partial charge in [0.1, 0.15) is 6.04 Å². The molecule has 40 heavy (non-hydrogen) atoms. The molecule has 3 aromatic rings. The van der Waals surface area contributed by atoms with Crippen molar-refractivity contribution in [3.8, 4) is 11.1 Å². The van der Waals surface area contributed by atoms with Gasteiger partial charge in [0.15, 0.2) is 0 Å². The molecule has 0 bridgehead atoms. The maximum Gasteiger partial charge on any atom is 0.326 e. The Morgan fingerprint density at radius 1 is 0.975 bits per heavy atom. The number of aryl methyl sites for hydroxylation is 1. The number of rotatable bonds is 17. The molecule has 3 aromatic carbocycles. The number of carboxylic acid groups (broad SMARTS) is 1. The summed E-state index contributed by atoms with van der Waals surface area (Å²) in [6.45, 7) is 5.96. The van der Waals surface area contributed by atoms with Crippen molar-refractivity contribution in [2.45, 2.75) is 45.5 Å². The zero-order valence-electron chi connectivity index (χ0n) is 23.5. The van der Waals surface area contributed by atoms with Gasteiger partial charge in [-0.05, 0) is 71.1 Å². The molecule has 1 amide bonds. The van der Waals surface area contributed by atoms with Crippen LogP contribution in [0.2, 0.25) is 0 Å². The highest BCUT2D eigenvalue weighted by molar-refractivity contribution is 7.99. The number of benzene rings is 3. The highest BCUT2D eigenvalue weighted by atomic mass is 32.2. The summed E-state index contributed by atoms with van der Waals surface area (Å²) < 4.78 is 6.03. The summed E-state index contributed by atoms with van der Waals surface area (Å²) in [5.74, 6) is 1.22. The van der Waals surface area contributed by atoms with Crippen LogP contribution in [0.15, 0.2) is 72.8 Å². The summed E-state index contributed by atoms with van der Waals surface area (Å²) in [5, 5.41) is 16.0. The SMILES string of the molecule is CCSC[C@H](COCc1ccccc1)NCc1ccc(C(=O)N[C@@H](CCSC)C(=O)O)c(-c2ccccc2C)c1. The third-order valence-electron chi connectivity index (χ3n) is 6.53. The van der Waals surface area contributed by atoms with Gasteiger partial charge in [-0.3, -0.25) is 4.79 Å². The zero-order chi connectivity index (χ0) is 28.7. The number of hydrogen-bond acceptors (Lipinski definition) is 6. The fraction of sp³-hybridized carbons (Fsp3) is 0.375. The lowest BCUT2D eigenvalue weighted by molar-refractivity contribution is -0.139. The smallest absolute Gasteiger partial charge is 0.326 e. The van der Waals surface area contributed by atoms with Crippen molar-refractivity contribution in [1.29, 1.82) is 0 Å². The van der Waals surface area contributed by atoms with Crippen LogP contribution in [0.3, 0.4) is 0 Å². The quantitative estimate of drug-likeness (QED) is 0.180. The van der Waals surface area contributed by atoms with Gasteiger partial charge in [-0.15, -0.1) is 0 Å². The Hall–Kier alpha value is -2.78. The van der Waals surface area contributed by atoms with Crippen LogP contribution in [0.1, 0.15) is 40.4 Å². The molecule has 0 saturated heterocycles. The van der Waals surface area contributed by atoms with Crippen molar-refractivity contribution in [1.82, 2.24) is 10.6 Å². The van der Waals surface area contributed by atoms with E-state index in [-0.39, 0.29) is 11.9 Å². The van der Waals surface area contributed by atoms with E-state index >= 15 is 0 Å². The Bertz CT molecular complexity index is 1220. The van der Waals surface area contributed by atoms with Gasteiger partial charge in [-0.2, -0.15) is 23.5 Å². The van der Waals surface area contributed by atoms with Crippen LogP contribution in [0.5, 0.6) is 0 Å². The van der Waals surface area contributed by atoms with Gasteiger partial charge in [0.05, 0.1) is 13.2 Å². The second-order valence-electron chi connectivity index (χ2n) is 9.58. The van der Waals surface area contributed by atoms with Gasteiger partial charge < -0.3 is 20.5 Å². The number of carbonyl (C=O) groups excluding carboxylic acids is 1. The first-order valence-electron chi connectivity index (χ1n) is 13.6. The molecule has 0 saturated carbocycles. The van der Waals surface area contributed by atoms with Crippen LogP contribution >= 0.6 is 23.5 Å². The van der Waals surface area contributed by atoms with Gasteiger partial charge >= 0.3 is 5.97 Å². The first kappa shape index (κ1) is 31.7. The minimum Gasteiger partial charge on any atom is -0.480 e. The predicted octanol–water partition coefficient (Wildman–Crippen LogP) is 6.03. The van der Waals surface area contributed by atoms with Crippen LogP contribution in [-0.4, -0.2) is 59.2 Å². The molecule has 0 unspecified atom stereocenters. The van der Waals surface area contributed by atoms with E-state index in [0.29, 0.717) is 37.5 Å². The molecular weight excluding hydrogens is 540 g/mol. The van der Waals surface area contributed by atoms with Crippen LogP contribution in [-0.2, 0) is 22.7 Å². The number of carboxylic acids is 1. The van der Waals surface area contributed by atoms with E-state index < -0.39 is 12.0 Å². The van der Waals surface area contributed by atoms with E-state index in [0.717, 1.165) is 39.3 Å². The number of nitrogens with one attached hydrogen (secondary N) is 2. The molecule has 8 heteroatoms. The molecule has 0 spiro atoms. The molecule has 214 valence electrons. The molecule has 0 heterocycles. The summed E-state index contributed by atoms with van der Waals surface area (Å²) in [4.78, 5) is 25.1. The van der Waals surface area contributed by atoms with Gasteiger partial charge in [0.2, 0.25) is 0 Å². The number of ether oxygens (including phenoxy) is 1. The van der Waals surface area contributed by atoms with E-state index in [1.165, 1.54) is 0 Å². The highest BCUT2D eigenvalue weighted by Crippen LogP contribution is 2.28. The molecule has 3 rings (SSSR count). The number of carbonyl (C=O) groups is 2. The summed E-state index contributed by atoms with van der Waals surface area (Å²) >= 11 is 3.43. The third kappa shape index (κ3) is 10.0. The lowest BCUT2D eigenvalue weighted by atomic mass is 9.93. The van der Waals surface area contributed by atoms with Crippen LogP contribution in [0, 0.1) is 6.92 Å². The molecule has 0 aliphatic rings. The van der Waals surface area contributed by atoms with Crippen molar-refractivity contribution in [2.75, 3.05) is 30.1 Å². The largest absolute Gasteiger partial charge is 0.480 e. The molecule has 0 aliphatic carbocycles. The van der Waals surface area contributed by atoms with Crippen LogP contribution in [0.25, 0.3) is 11.1 Å². The predicted molar refractivity (Wildman–Crippen MR) is 168 cm³/mol. The normalized spacial score (nSPS) is 12.6. The fourth-order valence-electron chi connectivity index (χ4n) is 4.31. The Morgan fingerprint density at radius 2 is 1.73 bits per heavy atom. The second kappa shape index (κ2) is 17.1. The highest BCUT2D eigenvalue weighted by Gasteiger charge is 2.23. The van der Waals surface area contributed by atoms with E-state index in [9.17, 15) is 14.7 Å². The van der Waals surface area contributed by atoms with Gasteiger partial charge in [-0.1, -0.05) is 67.6 Å². The van der Waals surface area contributed by atoms with Gasteiger partial charge in [0.25, 0.3) is 5.91 Å². The van der Waals surface area contributed by atoms with E-state index in [2.05, 4.69) is 29.7 Å². The molecule has 0 radical (unpaired) electrons. The minimum atomic E-state index is -1.02. The molecule has 0 fully saturated rings. The zero-order valence-corrected chi connectivity index (χ0v) is 25.2. The number of thioether (sulfide) groups is 2. The second-order valence-corrected chi connectivity index (χ2v) is 11.9. The third-order valence-corrected chi connectivity index (χ3v) is 8.22. The lowest BCUT2D eigenvalue weighted by Gasteiger charge is -2.20. The fourth-order valence-corrected chi connectivity index (χ4v) is 5.51. The lowest BCUT2D eigenvalue weighted by Crippen LogP contribution is -2.41. The standard InChI is InChI=1S/C32H40N2O4S2/c1-4-40-22-26(21-38-20-24-11-6-5-7-12-24)33-19-25-14-15-28(29(18-25)27-13-9-8-10-23(27)2)31(35)34-30(32(36)37)16-17-39-3/h5-15,18,26,30,33H,4,16-17,19-22H2,1-3H3,(H,34,35)(H,36,37)/t26-,30-/m0/s1. The van der Waals surface area contributed by atoms with E-state index in [1.54, 1.807) is 11.8 Å². The molecule has 2 atom stereocenters. The first-order valence-corrected chi connectivity index (χ1v) is 16.1. The number of aliphatic carboxylic acids is 1. The van der Waals surface area contributed by atoms with Crippen LogP contribution < -0.4 is 10.6 Å². The van der Waals surface area contributed by atoms with Gasteiger partial charge in [-0.25, -0.2) is 4.79 Å². The topological polar surface area (TPSA) is 87.7 Å². The van der Waals surface area contributed by atoms with Gasteiger partial charge in [0, 0.05) is 23.9 Å². The molecule has 0 aliphatic heterocycles. The Labute approximate surface area is 246 Å². The van der Waals surface area contributed by atoms with Crippen molar-refractivity contribution < 1.29 is 19.4 Å². The monoisotopic (exact) mass is 580 g/mol. The summed E-state index contributed by atoms with van der Waals surface area (Å²) in [5.41, 5.74) is 5.46. The average molecular weight is 581 g/mol. The average Bonchev–Trinajstić information content (AvgIpc) is 2.96. The maximum absolute atomic E-state index is 13.3. The maximum atomic E-state index is 13.3. The molecular formula is C32H40N2O4S2. The summed E-state index contributed by atoms with van der Waals surface area (Å²) in [6, 6.07) is 23.1. The molecule has 0 aromatic heterocycles. The Morgan fingerprint density at radius 3 is 2.42 bits per heavy atom. The van der Waals surface area contributed by atoms with Crippen molar-refractivity contribution >= 4 is 35.4 Å². The Balaban J connectivity index is 1.77. The molecule has 6 nitrogen and oxygen atoms in total. The first-order chi connectivity index (χ1) is 19.4. The van der Waals surface area contributed by atoms with Crippen LogP contribution in [0.4, 0.5) is 0 Å².